The van der Waals surface area contributed by atoms with Gasteiger partial charge >= 0.3 is 0 Å². The number of halogens is 1. The van der Waals surface area contributed by atoms with Gasteiger partial charge in [-0.3, -0.25) is 0 Å². The Hall–Kier alpha value is -2.38. The summed E-state index contributed by atoms with van der Waals surface area (Å²) in [6.45, 7) is 0.397. The molecule has 0 aliphatic rings. The molecule has 0 spiro atoms. The fraction of sp³-hybridized carbons (Fsp3) is 0.0588. The second-order valence-corrected chi connectivity index (χ2v) is 5.34. The van der Waals surface area contributed by atoms with Crippen molar-refractivity contribution in [1.29, 1.82) is 5.26 Å². The smallest absolute Gasteiger partial charge is 0.140 e. The van der Waals surface area contributed by atoms with Crippen molar-refractivity contribution in [2.24, 2.45) is 0 Å². The van der Waals surface area contributed by atoms with Gasteiger partial charge in [0, 0.05) is 6.20 Å². The summed E-state index contributed by atoms with van der Waals surface area (Å²) in [6, 6.07) is 17.7. The first-order valence-corrected chi connectivity index (χ1v) is 7.22. The molecule has 0 amide bonds. The van der Waals surface area contributed by atoms with Crippen LogP contribution in [-0.4, -0.2) is 4.98 Å². The zero-order valence-electron chi connectivity index (χ0n) is 11.1. The fourth-order valence-electron chi connectivity index (χ4n) is 2.11. The van der Waals surface area contributed by atoms with Crippen molar-refractivity contribution in [2.45, 2.75) is 6.61 Å². The van der Waals surface area contributed by atoms with Crippen LogP contribution in [0.5, 0.6) is 5.75 Å². The van der Waals surface area contributed by atoms with Crippen LogP contribution in [0.15, 0.2) is 59.2 Å². The number of hydrogen-bond acceptors (Lipinski definition) is 3. The van der Waals surface area contributed by atoms with Crippen molar-refractivity contribution in [2.75, 3.05) is 0 Å². The summed E-state index contributed by atoms with van der Waals surface area (Å²) >= 11 is 3.59. The van der Waals surface area contributed by atoms with Crippen molar-refractivity contribution in [3.63, 3.8) is 0 Å². The zero-order valence-corrected chi connectivity index (χ0v) is 12.7. The van der Waals surface area contributed by atoms with Gasteiger partial charge in [0.1, 0.15) is 24.1 Å². The van der Waals surface area contributed by atoms with Gasteiger partial charge in [-0.2, -0.15) is 5.26 Å². The van der Waals surface area contributed by atoms with E-state index in [1.165, 1.54) is 0 Å². The SMILES string of the molecule is N#Cc1cc(COc2ccc3ccccc3c2Br)ccn1. The minimum atomic E-state index is 0.397. The first kappa shape index (κ1) is 13.6. The van der Waals surface area contributed by atoms with Crippen LogP contribution in [0, 0.1) is 11.3 Å². The van der Waals surface area contributed by atoms with Gasteiger partial charge in [-0.25, -0.2) is 4.98 Å². The Bertz CT molecular complexity index is 840. The highest BCUT2D eigenvalue weighted by Gasteiger charge is 2.06. The first-order chi connectivity index (χ1) is 10.3. The molecule has 2 aromatic carbocycles. The summed E-state index contributed by atoms with van der Waals surface area (Å²) < 4.78 is 6.79. The standard InChI is InChI=1S/C17H11BrN2O/c18-17-15-4-2-1-3-13(15)5-6-16(17)21-11-12-7-8-20-14(9-12)10-19/h1-9H,11H2. The maximum Gasteiger partial charge on any atom is 0.140 e. The van der Waals surface area contributed by atoms with Gasteiger partial charge in [-0.1, -0.05) is 30.3 Å². The number of ether oxygens (including phenoxy) is 1. The van der Waals surface area contributed by atoms with Gasteiger partial charge in [-0.05, 0) is 50.5 Å². The maximum absolute atomic E-state index is 8.85. The Morgan fingerprint density at radius 1 is 1.14 bits per heavy atom. The van der Waals surface area contributed by atoms with Crippen molar-refractivity contribution < 1.29 is 4.74 Å². The molecule has 0 saturated carbocycles. The fourth-order valence-corrected chi connectivity index (χ4v) is 2.72. The quantitative estimate of drug-likeness (QED) is 0.708. The number of fused-ring (bicyclic) bond motifs is 1. The van der Waals surface area contributed by atoms with Crippen LogP contribution in [-0.2, 0) is 6.61 Å². The van der Waals surface area contributed by atoms with Gasteiger partial charge < -0.3 is 4.74 Å². The van der Waals surface area contributed by atoms with E-state index < -0.39 is 0 Å². The summed E-state index contributed by atoms with van der Waals surface area (Å²) in [4.78, 5) is 3.95. The number of rotatable bonds is 3. The van der Waals surface area contributed by atoms with E-state index in [9.17, 15) is 0 Å². The number of nitrogens with zero attached hydrogens (tertiary/aromatic N) is 2. The third-order valence-electron chi connectivity index (χ3n) is 3.16. The van der Waals surface area contributed by atoms with Gasteiger partial charge in [0.25, 0.3) is 0 Å². The van der Waals surface area contributed by atoms with Crippen LogP contribution in [0.4, 0.5) is 0 Å². The predicted molar refractivity (Wildman–Crippen MR) is 84.9 cm³/mol. The lowest BCUT2D eigenvalue weighted by atomic mass is 10.1. The second-order valence-electron chi connectivity index (χ2n) is 4.55. The molecular weight excluding hydrogens is 328 g/mol. The number of hydrogen-bond donors (Lipinski definition) is 0. The van der Waals surface area contributed by atoms with E-state index in [1.807, 2.05) is 42.5 Å². The van der Waals surface area contributed by atoms with Crippen LogP contribution in [0.25, 0.3) is 10.8 Å². The van der Waals surface area contributed by atoms with E-state index in [1.54, 1.807) is 12.3 Å². The lowest BCUT2D eigenvalue weighted by Crippen LogP contribution is -1.97. The number of nitriles is 1. The van der Waals surface area contributed by atoms with Crippen molar-refractivity contribution in [3.8, 4) is 11.8 Å². The number of aromatic nitrogens is 1. The number of benzene rings is 2. The summed E-state index contributed by atoms with van der Waals surface area (Å²) in [7, 11) is 0. The third-order valence-corrected chi connectivity index (χ3v) is 3.98. The van der Waals surface area contributed by atoms with Gasteiger partial charge in [0.05, 0.1) is 4.47 Å². The lowest BCUT2D eigenvalue weighted by molar-refractivity contribution is 0.304. The molecule has 1 aromatic heterocycles. The molecule has 3 rings (SSSR count). The summed E-state index contributed by atoms with van der Waals surface area (Å²) in [5.41, 5.74) is 1.32. The van der Waals surface area contributed by atoms with Crippen molar-refractivity contribution in [3.05, 3.63) is 70.5 Å². The van der Waals surface area contributed by atoms with Gasteiger partial charge in [-0.15, -0.1) is 0 Å². The van der Waals surface area contributed by atoms with E-state index in [-0.39, 0.29) is 0 Å². The van der Waals surface area contributed by atoms with Crippen LogP contribution < -0.4 is 4.74 Å². The van der Waals surface area contributed by atoms with E-state index in [2.05, 4.69) is 27.0 Å². The molecule has 0 atom stereocenters. The van der Waals surface area contributed by atoms with Gasteiger partial charge in [0.15, 0.2) is 0 Å². The normalized spacial score (nSPS) is 10.3. The highest BCUT2D eigenvalue weighted by atomic mass is 79.9. The van der Waals surface area contributed by atoms with E-state index in [4.69, 9.17) is 10.00 Å². The van der Waals surface area contributed by atoms with Gasteiger partial charge in [0.2, 0.25) is 0 Å². The Kier molecular flexibility index (Phi) is 3.85. The Morgan fingerprint density at radius 2 is 2.00 bits per heavy atom. The van der Waals surface area contributed by atoms with Crippen LogP contribution in [0.1, 0.15) is 11.3 Å². The molecule has 0 saturated heterocycles. The second kappa shape index (κ2) is 5.94. The minimum absolute atomic E-state index is 0.397. The van der Waals surface area contributed by atoms with Crippen LogP contribution in [0.3, 0.4) is 0 Å². The highest BCUT2D eigenvalue weighted by molar-refractivity contribution is 9.10. The molecule has 0 aliphatic heterocycles. The topological polar surface area (TPSA) is 45.9 Å². The molecule has 1 heterocycles. The molecule has 102 valence electrons. The number of pyridine rings is 1. The Balaban J connectivity index is 1.85. The molecule has 0 fully saturated rings. The van der Waals surface area contributed by atoms with E-state index in [0.29, 0.717) is 12.3 Å². The monoisotopic (exact) mass is 338 g/mol. The Morgan fingerprint density at radius 3 is 2.86 bits per heavy atom. The maximum atomic E-state index is 8.85. The molecule has 0 radical (unpaired) electrons. The van der Waals surface area contributed by atoms with Crippen molar-refractivity contribution in [1.82, 2.24) is 4.98 Å². The molecule has 3 aromatic rings. The Labute approximate surface area is 130 Å². The molecule has 21 heavy (non-hydrogen) atoms. The summed E-state index contributed by atoms with van der Waals surface area (Å²) in [5, 5.41) is 11.1. The average Bonchev–Trinajstić information content (AvgIpc) is 2.55. The molecule has 0 bridgehead atoms. The van der Waals surface area contributed by atoms with E-state index in [0.717, 1.165) is 26.6 Å². The van der Waals surface area contributed by atoms with Crippen LogP contribution in [0.2, 0.25) is 0 Å². The molecular formula is C17H11BrN2O. The molecule has 0 aliphatic carbocycles. The lowest BCUT2D eigenvalue weighted by Gasteiger charge is -2.10. The summed E-state index contributed by atoms with van der Waals surface area (Å²) in [6.07, 6.45) is 1.62. The first-order valence-electron chi connectivity index (χ1n) is 6.43. The predicted octanol–water partition coefficient (Wildman–Crippen LogP) is 4.45. The molecule has 0 unspecified atom stereocenters. The minimum Gasteiger partial charge on any atom is -0.488 e. The van der Waals surface area contributed by atoms with Crippen LogP contribution >= 0.6 is 15.9 Å². The zero-order chi connectivity index (χ0) is 14.7. The third kappa shape index (κ3) is 2.88. The average molecular weight is 339 g/mol. The molecule has 0 N–H and O–H groups in total. The largest absolute Gasteiger partial charge is 0.488 e. The van der Waals surface area contributed by atoms with Crippen molar-refractivity contribution >= 4 is 26.7 Å². The van der Waals surface area contributed by atoms with E-state index >= 15 is 0 Å². The molecule has 4 heteroatoms. The molecule has 3 nitrogen and oxygen atoms in total. The summed E-state index contributed by atoms with van der Waals surface area (Å²) in [5.74, 6) is 0.781. The highest BCUT2D eigenvalue weighted by Crippen LogP contribution is 2.33.